The van der Waals surface area contributed by atoms with Crippen molar-refractivity contribution in [1.82, 2.24) is 4.90 Å². The number of hydrogen-bond acceptors (Lipinski definition) is 4. The Bertz CT molecular complexity index is 327. The summed E-state index contributed by atoms with van der Waals surface area (Å²) in [4.78, 5) is 2.12. The number of rotatable bonds is 6. The van der Waals surface area contributed by atoms with E-state index in [2.05, 4.69) is 4.90 Å². The lowest BCUT2D eigenvalue weighted by molar-refractivity contribution is 0.281. The molecule has 0 bridgehead atoms. The van der Waals surface area contributed by atoms with Crippen LogP contribution in [0.1, 0.15) is 6.42 Å². The minimum absolute atomic E-state index is 0.644. The number of methoxy groups -OCH3 is 1. The van der Waals surface area contributed by atoms with Crippen LogP contribution in [-0.2, 0) is 0 Å². The maximum atomic E-state index is 5.80. The Morgan fingerprint density at radius 1 is 1.31 bits per heavy atom. The van der Waals surface area contributed by atoms with Gasteiger partial charge in [0.15, 0.2) is 0 Å². The Morgan fingerprint density at radius 3 is 2.69 bits per heavy atom. The summed E-state index contributed by atoms with van der Waals surface area (Å²) in [6, 6.07) is 5.42. The zero-order chi connectivity index (χ0) is 12.0. The van der Waals surface area contributed by atoms with Crippen LogP contribution in [0.4, 0.5) is 5.69 Å². The van der Waals surface area contributed by atoms with E-state index in [0.29, 0.717) is 18.0 Å². The zero-order valence-electron chi connectivity index (χ0n) is 10.2. The van der Waals surface area contributed by atoms with Gasteiger partial charge >= 0.3 is 0 Å². The smallest absolute Gasteiger partial charge is 0.145 e. The molecule has 0 saturated carbocycles. The summed E-state index contributed by atoms with van der Waals surface area (Å²) in [7, 11) is 5.71. The molecular formula is C12H20N2O2. The normalized spacial score (nSPS) is 10.5. The Balaban J connectivity index is 2.46. The Kier molecular flexibility index (Phi) is 4.92. The SMILES string of the molecule is COc1ccc(N)c(OCCCN(C)C)c1. The third-order valence-corrected chi connectivity index (χ3v) is 2.23. The predicted molar refractivity (Wildman–Crippen MR) is 66.1 cm³/mol. The first-order valence-electron chi connectivity index (χ1n) is 5.34. The van der Waals surface area contributed by atoms with E-state index < -0.39 is 0 Å². The molecule has 1 rings (SSSR count). The lowest BCUT2D eigenvalue weighted by atomic mass is 10.3. The lowest BCUT2D eigenvalue weighted by Gasteiger charge is -2.12. The second-order valence-corrected chi connectivity index (χ2v) is 3.91. The monoisotopic (exact) mass is 224 g/mol. The molecular weight excluding hydrogens is 204 g/mol. The third kappa shape index (κ3) is 3.98. The van der Waals surface area contributed by atoms with Crippen LogP contribution in [0.5, 0.6) is 11.5 Å². The second-order valence-electron chi connectivity index (χ2n) is 3.91. The van der Waals surface area contributed by atoms with E-state index in [4.69, 9.17) is 15.2 Å². The molecule has 0 fully saturated rings. The molecule has 0 aliphatic rings. The molecule has 0 saturated heterocycles. The van der Waals surface area contributed by atoms with Gasteiger partial charge in [-0.15, -0.1) is 0 Å². The van der Waals surface area contributed by atoms with Crippen molar-refractivity contribution in [2.24, 2.45) is 0 Å². The molecule has 0 radical (unpaired) electrons. The highest BCUT2D eigenvalue weighted by atomic mass is 16.5. The number of hydrogen-bond donors (Lipinski definition) is 1. The predicted octanol–water partition coefficient (Wildman–Crippen LogP) is 1.61. The van der Waals surface area contributed by atoms with Crippen molar-refractivity contribution >= 4 is 5.69 Å². The van der Waals surface area contributed by atoms with E-state index in [0.717, 1.165) is 18.7 Å². The van der Waals surface area contributed by atoms with Gasteiger partial charge in [-0.2, -0.15) is 0 Å². The molecule has 4 heteroatoms. The van der Waals surface area contributed by atoms with Crippen molar-refractivity contribution in [3.05, 3.63) is 18.2 Å². The standard InChI is InChI=1S/C12H20N2O2/c1-14(2)7-4-8-16-12-9-10(15-3)5-6-11(12)13/h5-6,9H,4,7-8,13H2,1-3H3. The van der Waals surface area contributed by atoms with Gasteiger partial charge in [0.25, 0.3) is 0 Å². The van der Waals surface area contributed by atoms with Crippen LogP contribution in [0.2, 0.25) is 0 Å². The van der Waals surface area contributed by atoms with Gasteiger partial charge in [-0.05, 0) is 32.6 Å². The summed E-state index contributed by atoms with van der Waals surface area (Å²) in [5.41, 5.74) is 6.44. The number of ether oxygens (including phenoxy) is 2. The minimum Gasteiger partial charge on any atom is -0.497 e. The van der Waals surface area contributed by atoms with Crippen LogP contribution in [0, 0.1) is 0 Å². The largest absolute Gasteiger partial charge is 0.497 e. The quantitative estimate of drug-likeness (QED) is 0.589. The van der Waals surface area contributed by atoms with E-state index in [1.54, 1.807) is 13.2 Å². The van der Waals surface area contributed by atoms with Gasteiger partial charge in [-0.25, -0.2) is 0 Å². The highest BCUT2D eigenvalue weighted by molar-refractivity contribution is 5.55. The Labute approximate surface area is 96.9 Å². The maximum Gasteiger partial charge on any atom is 0.145 e. The first kappa shape index (κ1) is 12.6. The van der Waals surface area contributed by atoms with Crippen molar-refractivity contribution in [2.45, 2.75) is 6.42 Å². The summed E-state index contributed by atoms with van der Waals surface area (Å²) < 4.78 is 10.7. The number of nitrogens with zero attached hydrogens (tertiary/aromatic N) is 1. The first-order chi connectivity index (χ1) is 7.63. The fourth-order valence-corrected chi connectivity index (χ4v) is 1.33. The van der Waals surface area contributed by atoms with Crippen LogP contribution in [0.15, 0.2) is 18.2 Å². The second kappa shape index (κ2) is 6.23. The number of nitrogen functional groups attached to an aromatic ring is 1. The zero-order valence-corrected chi connectivity index (χ0v) is 10.2. The highest BCUT2D eigenvalue weighted by Crippen LogP contribution is 2.26. The molecule has 0 unspecified atom stereocenters. The molecule has 1 aromatic rings. The van der Waals surface area contributed by atoms with Gasteiger partial charge in [0, 0.05) is 12.6 Å². The summed E-state index contributed by atoms with van der Waals surface area (Å²) in [5.74, 6) is 1.45. The highest BCUT2D eigenvalue weighted by Gasteiger charge is 2.02. The molecule has 0 spiro atoms. The molecule has 0 aliphatic carbocycles. The van der Waals surface area contributed by atoms with E-state index in [9.17, 15) is 0 Å². The van der Waals surface area contributed by atoms with Crippen molar-refractivity contribution in [3.63, 3.8) is 0 Å². The van der Waals surface area contributed by atoms with E-state index in [-0.39, 0.29) is 0 Å². The molecule has 0 aliphatic heterocycles. The van der Waals surface area contributed by atoms with E-state index >= 15 is 0 Å². The fourth-order valence-electron chi connectivity index (χ4n) is 1.33. The Morgan fingerprint density at radius 2 is 2.06 bits per heavy atom. The third-order valence-electron chi connectivity index (χ3n) is 2.23. The molecule has 0 heterocycles. The summed E-state index contributed by atoms with van der Waals surface area (Å²) >= 11 is 0. The van der Waals surface area contributed by atoms with Crippen LogP contribution < -0.4 is 15.2 Å². The molecule has 1 aromatic carbocycles. The van der Waals surface area contributed by atoms with Gasteiger partial charge in [0.2, 0.25) is 0 Å². The van der Waals surface area contributed by atoms with Crippen LogP contribution >= 0.6 is 0 Å². The average Bonchev–Trinajstić information content (AvgIpc) is 2.26. The molecule has 2 N–H and O–H groups in total. The Hall–Kier alpha value is -1.42. The molecule has 0 amide bonds. The number of benzene rings is 1. The van der Waals surface area contributed by atoms with Crippen molar-refractivity contribution in [1.29, 1.82) is 0 Å². The van der Waals surface area contributed by atoms with Gasteiger partial charge in [-0.1, -0.05) is 0 Å². The molecule has 0 aromatic heterocycles. The van der Waals surface area contributed by atoms with Crippen LogP contribution in [-0.4, -0.2) is 39.3 Å². The summed E-state index contributed by atoms with van der Waals surface area (Å²) in [6.45, 7) is 1.67. The van der Waals surface area contributed by atoms with Crippen molar-refractivity contribution < 1.29 is 9.47 Å². The van der Waals surface area contributed by atoms with Crippen molar-refractivity contribution in [2.75, 3.05) is 40.1 Å². The summed E-state index contributed by atoms with van der Waals surface area (Å²) in [6.07, 6.45) is 0.976. The number of anilines is 1. The van der Waals surface area contributed by atoms with Crippen LogP contribution in [0.3, 0.4) is 0 Å². The van der Waals surface area contributed by atoms with E-state index in [1.165, 1.54) is 0 Å². The first-order valence-corrected chi connectivity index (χ1v) is 5.34. The van der Waals surface area contributed by atoms with Crippen molar-refractivity contribution in [3.8, 4) is 11.5 Å². The average molecular weight is 224 g/mol. The number of nitrogens with two attached hydrogens (primary N) is 1. The van der Waals surface area contributed by atoms with Gasteiger partial charge in [0.1, 0.15) is 11.5 Å². The molecule has 0 atom stereocenters. The lowest BCUT2D eigenvalue weighted by Crippen LogP contribution is -2.15. The minimum atomic E-state index is 0.644. The van der Waals surface area contributed by atoms with E-state index in [1.807, 2.05) is 26.2 Å². The maximum absolute atomic E-state index is 5.80. The summed E-state index contributed by atoms with van der Waals surface area (Å²) in [5, 5.41) is 0. The van der Waals surface area contributed by atoms with Crippen LogP contribution in [0.25, 0.3) is 0 Å². The fraction of sp³-hybridized carbons (Fsp3) is 0.500. The van der Waals surface area contributed by atoms with Gasteiger partial charge < -0.3 is 20.1 Å². The topological polar surface area (TPSA) is 47.7 Å². The van der Waals surface area contributed by atoms with Gasteiger partial charge in [0.05, 0.1) is 19.4 Å². The molecule has 4 nitrogen and oxygen atoms in total. The molecule has 16 heavy (non-hydrogen) atoms. The molecule has 90 valence electrons. The van der Waals surface area contributed by atoms with Gasteiger partial charge in [-0.3, -0.25) is 0 Å².